The number of rotatable bonds is 6. The van der Waals surface area contributed by atoms with Crippen LogP contribution in [0.1, 0.15) is 65.6 Å². The minimum absolute atomic E-state index is 0.111. The number of anilines is 1. The Hall–Kier alpha value is -4.98. The van der Waals surface area contributed by atoms with E-state index < -0.39 is 23.8 Å². The maximum atomic E-state index is 13.8. The smallest absolute Gasteiger partial charge is 0.337 e. The zero-order valence-electron chi connectivity index (χ0n) is 25.7. The molecular formula is C38H35N3O5. The molecule has 0 unspecified atom stereocenters. The van der Waals surface area contributed by atoms with Crippen LogP contribution in [0.15, 0.2) is 84.6 Å². The van der Waals surface area contributed by atoms with Crippen molar-refractivity contribution >= 4 is 46.5 Å². The standard InChI is InChI=1S/C38H35N3O5/c1-46-36(44)27-6-4-5-23(16-27)21-40-22-28(31-7-2-3-8-33(31)40)17-32-34(42)39-37(45)41(35(32)43)30-11-9-29(10-12-30)38-18-24-13-25(19-38)15-26(14-24)20-38/h2-12,16-17,22,24-26H,13-15,18-21H2,1H3,(H,39,42,45)/b32-17+. The van der Waals surface area contributed by atoms with E-state index in [0.29, 0.717) is 23.4 Å². The number of urea groups is 1. The van der Waals surface area contributed by atoms with Crippen molar-refractivity contribution in [2.75, 3.05) is 12.0 Å². The quantitative estimate of drug-likeness (QED) is 0.150. The molecule has 8 nitrogen and oxygen atoms in total. The van der Waals surface area contributed by atoms with Gasteiger partial charge in [-0.2, -0.15) is 0 Å². The van der Waals surface area contributed by atoms with Crippen molar-refractivity contribution in [2.45, 2.75) is 50.5 Å². The summed E-state index contributed by atoms with van der Waals surface area (Å²) < 4.78 is 6.88. The first-order valence-corrected chi connectivity index (χ1v) is 16.1. The summed E-state index contributed by atoms with van der Waals surface area (Å²) in [6, 6.07) is 22.1. The maximum Gasteiger partial charge on any atom is 0.337 e. The Labute approximate surface area is 267 Å². The molecule has 232 valence electrons. The van der Waals surface area contributed by atoms with Gasteiger partial charge in [0, 0.05) is 29.2 Å². The van der Waals surface area contributed by atoms with Crippen LogP contribution >= 0.6 is 0 Å². The number of nitrogens with one attached hydrogen (secondary N) is 1. The van der Waals surface area contributed by atoms with Crippen molar-refractivity contribution in [2.24, 2.45) is 17.8 Å². The zero-order chi connectivity index (χ0) is 31.6. The third kappa shape index (κ3) is 4.75. The van der Waals surface area contributed by atoms with E-state index in [0.717, 1.165) is 39.1 Å². The Morgan fingerprint density at radius 3 is 2.30 bits per heavy atom. The highest BCUT2D eigenvalue weighted by atomic mass is 16.5. The molecular weight excluding hydrogens is 578 g/mol. The van der Waals surface area contributed by atoms with E-state index >= 15 is 0 Å². The number of benzene rings is 3. The molecule has 4 amide bonds. The normalized spacial score (nSPS) is 26.2. The average Bonchev–Trinajstić information content (AvgIpc) is 3.39. The molecule has 9 rings (SSSR count). The number of esters is 1. The topological polar surface area (TPSA) is 97.7 Å². The van der Waals surface area contributed by atoms with Gasteiger partial charge in [0.2, 0.25) is 0 Å². The van der Waals surface area contributed by atoms with Crippen molar-refractivity contribution in [1.82, 2.24) is 9.88 Å². The lowest BCUT2D eigenvalue weighted by molar-refractivity contribution is -0.122. The van der Waals surface area contributed by atoms with Gasteiger partial charge in [0.1, 0.15) is 5.57 Å². The van der Waals surface area contributed by atoms with Gasteiger partial charge in [-0.1, -0.05) is 42.5 Å². The molecule has 1 saturated heterocycles. The molecule has 8 heteroatoms. The van der Waals surface area contributed by atoms with Crippen molar-refractivity contribution in [3.8, 4) is 0 Å². The first kappa shape index (κ1) is 28.5. The van der Waals surface area contributed by atoms with Crippen molar-refractivity contribution < 1.29 is 23.9 Å². The molecule has 5 aliphatic rings. The van der Waals surface area contributed by atoms with E-state index in [1.165, 1.54) is 51.2 Å². The Kier molecular flexibility index (Phi) is 6.71. The van der Waals surface area contributed by atoms with Gasteiger partial charge in [-0.25, -0.2) is 14.5 Å². The Morgan fingerprint density at radius 2 is 1.61 bits per heavy atom. The maximum absolute atomic E-state index is 13.8. The number of hydrogen-bond acceptors (Lipinski definition) is 5. The molecule has 4 aliphatic carbocycles. The molecule has 2 heterocycles. The molecule has 4 aromatic rings. The van der Waals surface area contributed by atoms with Crippen LogP contribution in [0.5, 0.6) is 0 Å². The number of carbonyl (C=O) groups excluding carboxylic acids is 4. The van der Waals surface area contributed by atoms with Gasteiger partial charge < -0.3 is 9.30 Å². The lowest BCUT2D eigenvalue weighted by Crippen LogP contribution is -2.54. The number of hydrogen-bond donors (Lipinski definition) is 1. The zero-order valence-corrected chi connectivity index (χ0v) is 25.7. The van der Waals surface area contributed by atoms with Gasteiger partial charge in [-0.3, -0.25) is 14.9 Å². The van der Waals surface area contributed by atoms with Crippen LogP contribution in [0.3, 0.4) is 0 Å². The van der Waals surface area contributed by atoms with Crippen LogP contribution in [-0.4, -0.2) is 35.5 Å². The number of amides is 4. The van der Waals surface area contributed by atoms with Crippen molar-refractivity contribution in [1.29, 1.82) is 0 Å². The highest BCUT2D eigenvalue weighted by Gasteiger charge is 2.51. The van der Waals surface area contributed by atoms with Crippen molar-refractivity contribution in [3.63, 3.8) is 0 Å². The second-order valence-electron chi connectivity index (χ2n) is 13.6. The van der Waals surface area contributed by atoms with Gasteiger partial charge >= 0.3 is 12.0 Å². The van der Waals surface area contributed by atoms with Gasteiger partial charge in [0.15, 0.2) is 0 Å². The molecule has 1 aromatic heterocycles. The summed E-state index contributed by atoms with van der Waals surface area (Å²) in [6.07, 6.45) is 11.2. The number of aromatic nitrogens is 1. The third-order valence-corrected chi connectivity index (χ3v) is 10.7. The number of methoxy groups -OCH3 is 1. The van der Waals surface area contributed by atoms with Crippen LogP contribution in [0.2, 0.25) is 0 Å². The second-order valence-corrected chi connectivity index (χ2v) is 13.6. The number of imide groups is 2. The Morgan fingerprint density at radius 1 is 0.913 bits per heavy atom. The summed E-state index contributed by atoms with van der Waals surface area (Å²) in [7, 11) is 1.35. The molecule has 5 fully saturated rings. The first-order valence-electron chi connectivity index (χ1n) is 16.1. The number of barbiturate groups is 1. The van der Waals surface area contributed by atoms with Gasteiger partial charge in [0.05, 0.1) is 18.4 Å². The van der Waals surface area contributed by atoms with Crippen LogP contribution in [-0.2, 0) is 26.3 Å². The lowest BCUT2D eigenvalue weighted by Gasteiger charge is -2.57. The molecule has 46 heavy (non-hydrogen) atoms. The summed E-state index contributed by atoms with van der Waals surface area (Å²) in [5.74, 6) is 0.658. The van der Waals surface area contributed by atoms with E-state index in [1.807, 2.05) is 59.3 Å². The third-order valence-electron chi connectivity index (χ3n) is 10.7. The predicted octanol–water partition coefficient (Wildman–Crippen LogP) is 6.61. The highest BCUT2D eigenvalue weighted by Crippen LogP contribution is 2.60. The summed E-state index contributed by atoms with van der Waals surface area (Å²) in [4.78, 5) is 53.1. The number of nitrogens with zero attached hydrogens (tertiary/aromatic N) is 2. The number of para-hydroxylation sites is 1. The molecule has 4 saturated carbocycles. The summed E-state index contributed by atoms with van der Waals surface area (Å²) in [5.41, 5.74) is 4.76. The molecule has 0 radical (unpaired) electrons. The molecule has 3 aromatic carbocycles. The molecule has 1 N–H and O–H groups in total. The van der Waals surface area contributed by atoms with Gasteiger partial charge in [-0.05, 0) is 109 Å². The summed E-state index contributed by atoms with van der Waals surface area (Å²) in [5, 5.41) is 3.23. The fourth-order valence-corrected chi connectivity index (χ4v) is 9.11. The minimum Gasteiger partial charge on any atom is -0.465 e. The number of carbonyl (C=O) groups is 4. The van der Waals surface area contributed by atoms with E-state index in [9.17, 15) is 19.2 Å². The number of ether oxygens (including phenoxy) is 1. The van der Waals surface area contributed by atoms with Crippen LogP contribution < -0.4 is 10.2 Å². The fourth-order valence-electron chi connectivity index (χ4n) is 9.11. The number of fused-ring (bicyclic) bond motifs is 1. The monoisotopic (exact) mass is 613 g/mol. The highest BCUT2D eigenvalue weighted by molar-refractivity contribution is 6.39. The summed E-state index contributed by atoms with van der Waals surface area (Å²) in [6.45, 7) is 0.454. The lowest BCUT2D eigenvalue weighted by atomic mass is 9.48. The van der Waals surface area contributed by atoms with E-state index in [4.69, 9.17) is 4.74 Å². The fraction of sp³-hybridized carbons (Fsp3) is 0.316. The first-order chi connectivity index (χ1) is 22.3. The van der Waals surface area contributed by atoms with E-state index in [1.54, 1.807) is 18.2 Å². The largest absolute Gasteiger partial charge is 0.465 e. The van der Waals surface area contributed by atoms with Crippen LogP contribution in [0.25, 0.3) is 17.0 Å². The average molecular weight is 614 g/mol. The molecule has 0 atom stereocenters. The predicted molar refractivity (Wildman–Crippen MR) is 174 cm³/mol. The Balaban J connectivity index is 1.10. The minimum atomic E-state index is -0.748. The molecule has 1 aliphatic heterocycles. The van der Waals surface area contributed by atoms with Gasteiger partial charge in [0.25, 0.3) is 11.8 Å². The second kappa shape index (κ2) is 10.8. The van der Waals surface area contributed by atoms with Crippen LogP contribution in [0, 0.1) is 17.8 Å². The van der Waals surface area contributed by atoms with Crippen molar-refractivity contribution in [3.05, 3.63) is 107 Å². The van der Waals surface area contributed by atoms with Crippen LogP contribution in [0.4, 0.5) is 10.5 Å². The Bertz CT molecular complexity index is 1920. The van der Waals surface area contributed by atoms with E-state index in [2.05, 4.69) is 17.4 Å². The van der Waals surface area contributed by atoms with E-state index in [-0.39, 0.29) is 11.0 Å². The SMILES string of the molecule is COC(=O)c1cccc(Cn2cc(/C=C3\C(=O)NC(=O)N(c4ccc(C56CC7CC(CC(C7)C5)C6)cc4)C3=O)c3ccccc32)c1. The molecule has 4 bridgehead atoms. The summed E-state index contributed by atoms with van der Waals surface area (Å²) >= 11 is 0. The van der Waals surface area contributed by atoms with Gasteiger partial charge in [-0.15, -0.1) is 0 Å². The molecule has 0 spiro atoms.